The van der Waals surface area contributed by atoms with Crippen LogP contribution in [0.3, 0.4) is 0 Å². The first-order valence-corrected chi connectivity index (χ1v) is 6.66. The highest BCUT2D eigenvalue weighted by Gasteiger charge is 2.27. The van der Waals surface area contributed by atoms with Crippen molar-refractivity contribution in [3.8, 4) is 0 Å². The highest BCUT2D eigenvalue weighted by Crippen LogP contribution is 2.33. The molecule has 0 spiro atoms. The number of anilines is 1. The summed E-state index contributed by atoms with van der Waals surface area (Å²) < 4.78 is 0.946. The van der Waals surface area contributed by atoms with Gasteiger partial charge in [-0.3, -0.25) is 9.78 Å². The van der Waals surface area contributed by atoms with E-state index in [1.807, 2.05) is 12.1 Å². The standard InChI is InChI=1S/C12H14N4OS/c13-7-3-5-16(6-7)12(17)11-9(14)10-8(18-11)2-1-4-15-10/h1-2,4,7H,3,5-6,13-14H2. The van der Waals surface area contributed by atoms with Gasteiger partial charge in [-0.25, -0.2) is 0 Å². The van der Waals surface area contributed by atoms with Gasteiger partial charge in [0, 0.05) is 25.3 Å². The Morgan fingerprint density at radius 2 is 2.39 bits per heavy atom. The summed E-state index contributed by atoms with van der Waals surface area (Å²) in [5, 5.41) is 0. The molecule has 0 radical (unpaired) electrons. The van der Waals surface area contributed by atoms with E-state index in [-0.39, 0.29) is 11.9 Å². The monoisotopic (exact) mass is 262 g/mol. The quantitative estimate of drug-likeness (QED) is 0.804. The van der Waals surface area contributed by atoms with E-state index < -0.39 is 0 Å². The van der Waals surface area contributed by atoms with Gasteiger partial charge in [-0.1, -0.05) is 0 Å². The van der Waals surface area contributed by atoms with Crippen LogP contribution in [0.1, 0.15) is 16.1 Å². The van der Waals surface area contributed by atoms with Gasteiger partial charge in [-0.2, -0.15) is 0 Å². The minimum Gasteiger partial charge on any atom is -0.396 e. The Balaban J connectivity index is 1.99. The molecular weight excluding hydrogens is 248 g/mol. The molecule has 1 saturated heterocycles. The first-order valence-electron chi connectivity index (χ1n) is 5.84. The molecule has 1 unspecified atom stereocenters. The molecule has 5 nitrogen and oxygen atoms in total. The van der Waals surface area contributed by atoms with Crippen molar-refractivity contribution in [2.24, 2.45) is 5.73 Å². The second-order valence-corrected chi connectivity index (χ2v) is 5.55. The van der Waals surface area contributed by atoms with Crippen LogP contribution in [-0.2, 0) is 0 Å². The molecule has 0 bridgehead atoms. The van der Waals surface area contributed by atoms with Crippen molar-refractivity contribution < 1.29 is 4.79 Å². The Hall–Kier alpha value is -1.66. The van der Waals surface area contributed by atoms with E-state index in [9.17, 15) is 4.79 Å². The molecule has 1 fully saturated rings. The molecule has 4 N–H and O–H groups in total. The summed E-state index contributed by atoms with van der Waals surface area (Å²) in [7, 11) is 0. The number of hydrogen-bond acceptors (Lipinski definition) is 5. The fourth-order valence-electron chi connectivity index (χ4n) is 2.22. The third-order valence-electron chi connectivity index (χ3n) is 3.19. The van der Waals surface area contributed by atoms with Crippen LogP contribution in [0.2, 0.25) is 0 Å². The van der Waals surface area contributed by atoms with E-state index in [0.717, 1.165) is 11.1 Å². The normalized spacial score (nSPS) is 19.6. The van der Waals surface area contributed by atoms with Crippen LogP contribution in [0.4, 0.5) is 5.69 Å². The van der Waals surface area contributed by atoms with Crippen molar-refractivity contribution in [3.05, 3.63) is 23.2 Å². The molecule has 1 amide bonds. The largest absolute Gasteiger partial charge is 0.396 e. The maximum atomic E-state index is 12.4. The first kappa shape index (κ1) is 11.4. The summed E-state index contributed by atoms with van der Waals surface area (Å²) in [6.07, 6.45) is 2.54. The van der Waals surface area contributed by atoms with E-state index in [0.29, 0.717) is 29.2 Å². The van der Waals surface area contributed by atoms with Crippen LogP contribution in [0, 0.1) is 0 Å². The second-order valence-electron chi connectivity index (χ2n) is 4.49. The Bertz CT molecular complexity index is 609. The number of aromatic nitrogens is 1. The number of nitrogen functional groups attached to an aromatic ring is 1. The first-order chi connectivity index (χ1) is 8.66. The number of rotatable bonds is 1. The van der Waals surface area contributed by atoms with Crippen molar-refractivity contribution in [2.45, 2.75) is 12.5 Å². The Morgan fingerprint density at radius 3 is 3.06 bits per heavy atom. The highest BCUT2D eigenvalue weighted by atomic mass is 32.1. The smallest absolute Gasteiger partial charge is 0.266 e. The maximum absolute atomic E-state index is 12.4. The molecule has 3 heterocycles. The molecule has 2 aromatic rings. The minimum atomic E-state index is -0.0246. The fraction of sp³-hybridized carbons (Fsp3) is 0.333. The van der Waals surface area contributed by atoms with Crippen molar-refractivity contribution in [1.29, 1.82) is 0 Å². The topological polar surface area (TPSA) is 85.2 Å². The van der Waals surface area contributed by atoms with Crippen LogP contribution in [-0.4, -0.2) is 34.9 Å². The van der Waals surface area contributed by atoms with Crippen LogP contribution < -0.4 is 11.5 Å². The number of amides is 1. The van der Waals surface area contributed by atoms with Gasteiger partial charge >= 0.3 is 0 Å². The zero-order valence-electron chi connectivity index (χ0n) is 9.80. The number of nitrogens with zero attached hydrogens (tertiary/aromatic N) is 2. The van der Waals surface area contributed by atoms with Crippen LogP contribution in [0.5, 0.6) is 0 Å². The van der Waals surface area contributed by atoms with E-state index in [1.54, 1.807) is 11.1 Å². The number of carbonyl (C=O) groups is 1. The fourth-order valence-corrected chi connectivity index (χ4v) is 3.27. The molecule has 3 rings (SSSR count). The maximum Gasteiger partial charge on any atom is 0.266 e. The Morgan fingerprint density at radius 1 is 1.56 bits per heavy atom. The lowest BCUT2D eigenvalue weighted by Crippen LogP contribution is -2.31. The number of hydrogen-bond donors (Lipinski definition) is 2. The van der Waals surface area contributed by atoms with Gasteiger partial charge in [0.2, 0.25) is 0 Å². The zero-order chi connectivity index (χ0) is 12.7. The predicted molar refractivity (Wildman–Crippen MR) is 72.5 cm³/mol. The van der Waals surface area contributed by atoms with Crippen molar-refractivity contribution in [3.63, 3.8) is 0 Å². The SMILES string of the molecule is Nc1c(C(=O)N2CCC(N)C2)sc2cccnc12. The zero-order valence-corrected chi connectivity index (χ0v) is 10.6. The summed E-state index contributed by atoms with van der Waals surface area (Å²) >= 11 is 1.40. The minimum absolute atomic E-state index is 0.0246. The molecule has 18 heavy (non-hydrogen) atoms. The average molecular weight is 262 g/mol. The van der Waals surface area contributed by atoms with Crippen molar-refractivity contribution in [1.82, 2.24) is 9.88 Å². The summed E-state index contributed by atoms with van der Waals surface area (Å²) in [5.74, 6) is -0.0246. The number of likely N-dealkylation sites (tertiary alicyclic amines) is 1. The highest BCUT2D eigenvalue weighted by molar-refractivity contribution is 7.21. The van der Waals surface area contributed by atoms with Gasteiger partial charge in [0.15, 0.2) is 0 Å². The molecule has 6 heteroatoms. The Kier molecular flexibility index (Phi) is 2.68. The molecule has 1 aliphatic rings. The summed E-state index contributed by atoms with van der Waals surface area (Å²) in [4.78, 5) is 18.9. The molecular formula is C12H14N4OS. The number of pyridine rings is 1. The van der Waals surface area contributed by atoms with E-state index in [1.165, 1.54) is 11.3 Å². The Labute approximate surface area is 108 Å². The number of nitrogens with two attached hydrogens (primary N) is 2. The van der Waals surface area contributed by atoms with Crippen molar-refractivity contribution in [2.75, 3.05) is 18.8 Å². The van der Waals surface area contributed by atoms with E-state index >= 15 is 0 Å². The van der Waals surface area contributed by atoms with Crippen LogP contribution in [0.25, 0.3) is 10.2 Å². The molecule has 0 aliphatic carbocycles. The number of fused-ring (bicyclic) bond motifs is 1. The molecule has 94 valence electrons. The van der Waals surface area contributed by atoms with Crippen molar-refractivity contribution >= 4 is 33.1 Å². The van der Waals surface area contributed by atoms with E-state index in [4.69, 9.17) is 11.5 Å². The summed E-state index contributed by atoms with van der Waals surface area (Å²) in [5.41, 5.74) is 13.0. The van der Waals surface area contributed by atoms with Gasteiger partial charge in [0.1, 0.15) is 10.4 Å². The van der Waals surface area contributed by atoms with E-state index in [2.05, 4.69) is 4.98 Å². The summed E-state index contributed by atoms with van der Waals surface area (Å²) in [6, 6.07) is 3.86. The number of thiophene rings is 1. The third-order valence-corrected chi connectivity index (χ3v) is 4.34. The van der Waals surface area contributed by atoms with Gasteiger partial charge in [-0.05, 0) is 18.6 Å². The lowest BCUT2D eigenvalue weighted by Gasteiger charge is -2.14. The van der Waals surface area contributed by atoms with Crippen LogP contribution in [0.15, 0.2) is 18.3 Å². The third kappa shape index (κ3) is 1.74. The average Bonchev–Trinajstić information content (AvgIpc) is 2.94. The van der Waals surface area contributed by atoms with Gasteiger partial charge < -0.3 is 16.4 Å². The number of carbonyl (C=O) groups excluding carboxylic acids is 1. The molecule has 0 saturated carbocycles. The molecule has 1 aliphatic heterocycles. The lowest BCUT2D eigenvalue weighted by molar-refractivity contribution is 0.0796. The van der Waals surface area contributed by atoms with Gasteiger partial charge in [0.25, 0.3) is 5.91 Å². The van der Waals surface area contributed by atoms with Gasteiger partial charge in [0.05, 0.1) is 10.4 Å². The van der Waals surface area contributed by atoms with Crippen LogP contribution >= 0.6 is 11.3 Å². The molecule has 2 aromatic heterocycles. The second kappa shape index (κ2) is 4.22. The summed E-state index contributed by atoms with van der Waals surface area (Å²) in [6.45, 7) is 1.32. The lowest BCUT2D eigenvalue weighted by atomic mass is 10.3. The molecule has 1 atom stereocenters. The molecule has 0 aromatic carbocycles. The predicted octanol–water partition coefficient (Wildman–Crippen LogP) is 1.05. The van der Waals surface area contributed by atoms with Gasteiger partial charge in [-0.15, -0.1) is 11.3 Å².